The van der Waals surface area contributed by atoms with E-state index in [9.17, 15) is 24.8 Å². The van der Waals surface area contributed by atoms with Crippen molar-refractivity contribution < 1.29 is 19.6 Å². The van der Waals surface area contributed by atoms with Gasteiger partial charge in [-0.25, -0.2) is 0 Å². The molecule has 30 heavy (non-hydrogen) atoms. The van der Waals surface area contributed by atoms with E-state index in [0.29, 0.717) is 5.56 Å². The maximum Gasteiger partial charge on any atom is 0.368 e. The minimum Gasteiger partial charge on any atom is -0.507 e. The van der Waals surface area contributed by atoms with Crippen LogP contribution in [0.25, 0.3) is 6.08 Å². The first-order valence-electron chi connectivity index (χ1n) is 10.4. The van der Waals surface area contributed by atoms with Gasteiger partial charge in [-0.1, -0.05) is 6.07 Å². The van der Waals surface area contributed by atoms with Crippen LogP contribution in [0.5, 0.6) is 5.75 Å². The number of aromatic hydroxyl groups is 1. The van der Waals surface area contributed by atoms with Crippen LogP contribution in [0.3, 0.4) is 0 Å². The number of carbonyl (C=O) groups is 2. The number of nitrogens with one attached hydrogen (secondary N) is 1. The number of hydrogen-bond acceptors (Lipinski definition) is 5. The highest BCUT2D eigenvalue weighted by Crippen LogP contribution is 2.60. The molecule has 4 saturated carbocycles. The number of amidine groups is 1. The normalized spacial score (nSPS) is 34.9. The molecule has 0 radical (unpaired) electrons. The third-order valence-corrected chi connectivity index (χ3v) is 7.27. The summed E-state index contributed by atoms with van der Waals surface area (Å²) in [6.07, 6.45) is 10.6. The van der Waals surface area contributed by atoms with Crippen molar-refractivity contribution in [2.45, 2.75) is 50.0 Å². The molecular weight excluding hydrogens is 386 g/mol. The zero-order chi connectivity index (χ0) is 21.0. The van der Waals surface area contributed by atoms with Crippen LogP contribution < -0.4 is 5.32 Å². The van der Waals surface area contributed by atoms with E-state index < -0.39 is 22.8 Å². The van der Waals surface area contributed by atoms with E-state index in [0.717, 1.165) is 17.8 Å². The van der Waals surface area contributed by atoms with Gasteiger partial charge in [0, 0.05) is 10.5 Å². The molecule has 1 atom stereocenters. The van der Waals surface area contributed by atoms with Crippen molar-refractivity contribution in [3.05, 3.63) is 45.5 Å². The summed E-state index contributed by atoms with van der Waals surface area (Å²) in [5, 5.41) is 23.4. The summed E-state index contributed by atoms with van der Waals surface area (Å²) in [5.41, 5.74) is 1.98. The number of nitrogens with zero attached hydrogens (tertiary/aromatic N) is 2. The number of benzene rings is 1. The Morgan fingerprint density at radius 3 is 2.30 bits per heavy atom. The van der Waals surface area contributed by atoms with Crippen LogP contribution in [-0.2, 0) is 15.0 Å². The first-order valence-corrected chi connectivity index (χ1v) is 10.4. The van der Waals surface area contributed by atoms with E-state index >= 15 is 0 Å². The lowest BCUT2D eigenvalue weighted by molar-refractivity contribution is -0.493. The lowest BCUT2D eigenvalue weighted by Gasteiger charge is -2.57. The molecule has 1 unspecified atom stereocenters. The van der Waals surface area contributed by atoms with E-state index in [1.165, 1.54) is 50.2 Å². The van der Waals surface area contributed by atoms with E-state index in [1.54, 1.807) is 12.1 Å². The van der Waals surface area contributed by atoms with Gasteiger partial charge in [-0.15, -0.1) is 0 Å². The van der Waals surface area contributed by atoms with E-state index in [1.807, 2.05) is 12.1 Å². The lowest BCUT2D eigenvalue weighted by atomic mass is 9.48. The number of aliphatic imine (C=N–C) groups is 1. The molecule has 156 valence electrons. The molecule has 6 rings (SSSR count). The Morgan fingerprint density at radius 1 is 1.10 bits per heavy atom. The monoisotopic (exact) mass is 409 g/mol. The largest absolute Gasteiger partial charge is 0.507 e. The summed E-state index contributed by atoms with van der Waals surface area (Å²) in [6.45, 7) is 0. The van der Waals surface area contributed by atoms with Crippen molar-refractivity contribution in [2.24, 2.45) is 22.7 Å². The van der Waals surface area contributed by atoms with Gasteiger partial charge >= 0.3 is 17.9 Å². The van der Waals surface area contributed by atoms with Crippen LogP contribution in [-0.4, -0.2) is 33.7 Å². The van der Waals surface area contributed by atoms with Crippen molar-refractivity contribution in [1.29, 1.82) is 0 Å². The summed E-state index contributed by atoms with van der Waals surface area (Å²) in [4.78, 5) is 37.0. The average Bonchev–Trinajstić information content (AvgIpc) is 2.65. The van der Waals surface area contributed by atoms with Gasteiger partial charge in [-0.3, -0.25) is 19.7 Å². The molecule has 1 aromatic carbocycles. The molecule has 2 N–H and O–H groups in total. The zero-order valence-electron chi connectivity index (χ0n) is 16.4. The molecule has 8 heteroatoms. The van der Waals surface area contributed by atoms with Gasteiger partial charge in [0.1, 0.15) is 11.6 Å². The van der Waals surface area contributed by atoms with Crippen molar-refractivity contribution in [3.8, 4) is 5.75 Å². The van der Waals surface area contributed by atoms with Crippen molar-refractivity contribution in [1.82, 2.24) is 5.32 Å². The van der Waals surface area contributed by atoms with Gasteiger partial charge in [0.25, 0.3) is 0 Å². The highest BCUT2D eigenvalue weighted by atomic mass is 16.6. The van der Waals surface area contributed by atoms with Gasteiger partial charge in [0.15, 0.2) is 0 Å². The number of nitro groups is 1. The standard InChI is InChI=1S/C22H23N3O5/c26-17-3-2-16(22-9-12-5-13(10-22)7-14(6-12)11-22)8-15(17)1-4-18-23-20(27)19(25(29)30)21(28)24-18/h1-4,8,12-14,19,26H,5-7,9-11H2,(H,23,24,27,28)/b4-1+. The molecule has 0 aromatic heterocycles. The Kier molecular flexibility index (Phi) is 4.27. The fraction of sp³-hybridized carbons (Fsp3) is 0.500. The Labute approximate surface area is 173 Å². The van der Waals surface area contributed by atoms with Crippen LogP contribution in [0, 0.1) is 27.9 Å². The zero-order valence-corrected chi connectivity index (χ0v) is 16.4. The van der Waals surface area contributed by atoms with Crippen LogP contribution >= 0.6 is 0 Å². The summed E-state index contributed by atoms with van der Waals surface area (Å²) in [6, 6.07) is 3.70. The van der Waals surface area contributed by atoms with Gasteiger partial charge < -0.3 is 10.4 Å². The molecule has 4 fully saturated rings. The highest BCUT2D eigenvalue weighted by Gasteiger charge is 2.51. The molecule has 8 nitrogen and oxygen atoms in total. The number of rotatable bonds is 4. The second-order valence-electron chi connectivity index (χ2n) is 9.32. The minimum absolute atomic E-state index is 0.0669. The predicted octanol–water partition coefficient (Wildman–Crippen LogP) is 2.57. The smallest absolute Gasteiger partial charge is 0.368 e. The van der Waals surface area contributed by atoms with Crippen LogP contribution in [0.4, 0.5) is 0 Å². The predicted molar refractivity (Wildman–Crippen MR) is 108 cm³/mol. The van der Waals surface area contributed by atoms with Crippen molar-refractivity contribution in [3.63, 3.8) is 0 Å². The molecule has 4 aliphatic carbocycles. The number of carbonyl (C=O) groups excluding carboxylic acids is 2. The maximum absolute atomic E-state index is 11.8. The molecule has 1 aliphatic heterocycles. The second kappa shape index (κ2) is 6.75. The average molecular weight is 409 g/mol. The number of phenolic OH excluding ortho intramolecular Hbond substituents is 1. The van der Waals surface area contributed by atoms with Crippen LogP contribution in [0.15, 0.2) is 29.3 Å². The molecular formula is C22H23N3O5. The van der Waals surface area contributed by atoms with E-state index in [2.05, 4.69) is 10.3 Å². The van der Waals surface area contributed by atoms with Crippen molar-refractivity contribution >= 4 is 23.7 Å². The summed E-state index contributed by atoms with van der Waals surface area (Å²) >= 11 is 0. The Balaban J connectivity index is 1.41. The fourth-order valence-corrected chi connectivity index (χ4v) is 6.43. The first-order chi connectivity index (χ1) is 14.3. The Morgan fingerprint density at radius 2 is 1.73 bits per heavy atom. The van der Waals surface area contributed by atoms with Crippen molar-refractivity contribution in [2.75, 3.05) is 0 Å². The first kappa shape index (κ1) is 19.0. The van der Waals surface area contributed by atoms with Gasteiger partial charge in [0.05, 0.1) is 0 Å². The third kappa shape index (κ3) is 3.11. The summed E-state index contributed by atoms with van der Waals surface area (Å²) in [7, 11) is 0. The van der Waals surface area contributed by atoms with E-state index in [4.69, 9.17) is 0 Å². The molecule has 5 aliphatic rings. The molecule has 1 heterocycles. The lowest BCUT2D eigenvalue weighted by Crippen LogP contribution is -2.50. The van der Waals surface area contributed by atoms with Crippen LogP contribution in [0.1, 0.15) is 49.7 Å². The fourth-order valence-electron chi connectivity index (χ4n) is 6.43. The second-order valence-corrected chi connectivity index (χ2v) is 9.32. The van der Waals surface area contributed by atoms with Crippen LogP contribution in [0.2, 0.25) is 0 Å². The topological polar surface area (TPSA) is 122 Å². The molecule has 0 spiro atoms. The molecule has 4 bridgehead atoms. The highest BCUT2D eigenvalue weighted by molar-refractivity contribution is 6.21. The molecule has 0 saturated heterocycles. The Bertz CT molecular complexity index is 977. The summed E-state index contributed by atoms with van der Waals surface area (Å²) < 4.78 is 0. The summed E-state index contributed by atoms with van der Waals surface area (Å²) in [5.74, 6) is 0.324. The maximum atomic E-state index is 11.8. The van der Waals surface area contributed by atoms with Gasteiger partial charge in [-0.05, 0) is 91.5 Å². The SMILES string of the molecule is O=C1N=C(/C=C/c2cc(C34CC5CC(CC(C5)C3)C4)ccc2O)NC(=O)C1[N+](=O)[O-]. The Hall–Kier alpha value is -3.03. The van der Waals surface area contributed by atoms with Gasteiger partial charge in [0.2, 0.25) is 0 Å². The molecule has 1 aromatic rings. The third-order valence-electron chi connectivity index (χ3n) is 7.27. The van der Waals surface area contributed by atoms with E-state index in [-0.39, 0.29) is 17.0 Å². The minimum atomic E-state index is -2.00. The number of phenols is 1. The number of hydrogen-bond donors (Lipinski definition) is 2. The molecule has 2 amide bonds. The number of amides is 2. The quantitative estimate of drug-likeness (QED) is 0.450. The van der Waals surface area contributed by atoms with Gasteiger partial charge in [-0.2, -0.15) is 4.99 Å².